The van der Waals surface area contributed by atoms with Crippen molar-refractivity contribution >= 4 is 23.8 Å². The van der Waals surface area contributed by atoms with Gasteiger partial charge in [0.1, 0.15) is 23.6 Å². The van der Waals surface area contributed by atoms with Gasteiger partial charge in [0.15, 0.2) is 5.78 Å². The molecule has 7 N–H and O–H groups in total. The molecular weight excluding hydrogens is 482 g/mol. The highest BCUT2D eigenvalue weighted by atomic mass is 16.5. The number of aliphatic hydroxyl groups excluding tert-OH is 2. The number of ether oxygens (including phenoxy) is 1. The topological polar surface area (TPSA) is 196 Å². The number of methoxy groups -OCH3 is 1. The number of amides is 1. The van der Waals surface area contributed by atoms with Crippen molar-refractivity contribution in [3.05, 3.63) is 47.0 Å². The lowest BCUT2D eigenvalue weighted by molar-refractivity contribution is -0.131. The van der Waals surface area contributed by atoms with E-state index in [9.17, 15) is 34.5 Å². The average molecular weight is 520 g/mol. The Morgan fingerprint density at radius 2 is 1.92 bits per heavy atom. The number of phenolic OH excluding ortho intramolecular Hbond substituents is 1. The predicted molar refractivity (Wildman–Crippen MR) is 139 cm³/mol. The second-order valence-electron chi connectivity index (χ2n) is 9.17. The highest BCUT2D eigenvalue weighted by Gasteiger charge is 2.35. The summed E-state index contributed by atoms with van der Waals surface area (Å²) >= 11 is 0. The van der Waals surface area contributed by atoms with Crippen LogP contribution in [0, 0.1) is 17.8 Å². The summed E-state index contributed by atoms with van der Waals surface area (Å²) in [6.45, 7) is -0.736. The van der Waals surface area contributed by atoms with Gasteiger partial charge in [-0.3, -0.25) is 19.2 Å². The Kier molecular flexibility index (Phi) is 10.5. The van der Waals surface area contributed by atoms with Crippen LogP contribution in [0.3, 0.4) is 0 Å². The van der Waals surface area contributed by atoms with Gasteiger partial charge >= 0.3 is 0 Å². The van der Waals surface area contributed by atoms with Gasteiger partial charge in [-0.1, -0.05) is 6.07 Å². The standard InChI is InChI=1S/C27H31NO8.H2O.2H2/c1-36-25-5-2-15(13-30)9-19(25)18-3-4-22(32)27-20(18)10-16(11-24(27)34)8-17(6-7-29)21(14-31)23(33)12-26(28)35;;;/h2-5,9,13,16-17,21,29,31-32H,6-8,10-12,14H2,1H3,(H2,28,35);1H2;2*1H. The lowest BCUT2D eigenvalue weighted by atomic mass is 9.72. The second-order valence-corrected chi connectivity index (χ2v) is 9.17. The number of phenols is 1. The van der Waals surface area contributed by atoms with Crippen LogP contribution in [-0.2, 0) is 16.0 Å². The van der Waals surface area contributed by atoms with Crippen LogP contribution in [0.1, 0.15) is 54.8 Å². The van der Waals surface area contributed by atoms with E-state index in [0.717, 1.165) is 0 Å². The maximum Gasteiger partial charge on any atom is 0.224 e. The molecule has 10 heteroatoms. The lowest BCUT2D eigenvalue weighted by Gasteiger charge is -2.32. The number of aromatic hydroxyl groups is 1. The van der Waals surface area contributed by atoms with Crippen LogP contribution in [0.15, 0.2) is 30.3 Å². The molecule has 0 saturated heterocycles. The van der Waals surface area contributed by atoms with Gasteiger partial charge in [0, 0.05) is 32.9 Å². The molecule has 1 aliphatic carbocycles. The van der Waals surface area contributed by atoms with Crippen LogP contribution in [0.4, 0.5) is 0 Å². The van der Waals surface area contributed by atoms with Crippen molar-refractivity contribution in [3.63, 3.8) is 0 Å². The third-order valence-electron chi connectivity index (χ3n) is 6.85. The lowest BCUT2D eigenvalue weighted by Crippen LogP contribution is -2.33. The molecule has 0 saturated carbocycles. The van der Waals surface area contributed by atoms with E-state index in [1.807, 2.05) is 0 Å². The van der Waals surface area contributed by atoms with E-state index in [0.29, 0.717) is 47.1 Å². The van der Waals surface area contributed by atoms with Crippen LogP contribution < -0.4 is 10.5 Å². The van der Waals surface area contributed by atoms with Crippen molar-refractivity contribution in [1.82, 2.24) is 0 Å². The van der Waals surface area contributed by atoms with Crippen LogP contribution in [0.2, 0.25) is 0 Å². The molecule has 0 fully saturated rings. The van der Waals surface area contributed by atoms with Gasteiger partial charge in [-0.2, -0.15) is 0 Å². The first kappa shape index (κ1) is 29.6. The Hall–Kier alpha value is -3.60. The molecule has 1 aliphatic rings. The Labute approximate surface area is 217 Å². The van der Waals surface area contributed by atoms with Crippen molar-refractivity contribution in [2.75, 3.05) is 20.3 Å². The summed E-state index contributed by atoms with van der Waals surface area (Å²) in [5, 5.41) is 30.0. The maximum absolute atomic E-state index is 13.2. The first-order valence-electron chi connectivity index (χ1n) is 11.8. The van der Waals surface area contributed by atoms with E-state index in [-0.39, 0.29) is 50.8 Å². The molecule has 3 unspecified atom stereocenters. The molecule has 0 aliphatic heterocycles. The summed E-state index contributed by atoms with van der Waals surface area (Å²) in [5.41, 5.74) is 7.64. The van der Waals surface area contributed by atoms with E-state index in [4.69, 9.17) is 10.5 Å². The average Bonchev–Trinajstić information content (AvgIpc) is 2.83. The number of benzene rings is 2. The SMILES string of the molecule is COc1ccc(C=O)cc1-c1ccc(O)c2c1CC(CC(CCO)C(CO)C(=O)CC(N)=O)CC2=O.O.[HH].[HH]. The van der Waals surface area contributed by atoms with Crippen LogP contribution in [0.5, 0.6) is 11.5 Å². The van der Waals surface area contributed by atoms with E-state index >= 15 is 0 Å². The number of nitrogens with two attached hydrogens (primary N) is 1. The number of primary amides is 1. The number of aldehydes is 1. The van der Waals surface area contributed by atoms with E-state index in [1.165, 1.54) is 13.2 Å². The summed E-state index contributed by atoms with van der Waals surface area (Å²) in [6, 6.07) is 8.06. The van der Waals surface area contributed by atoms with Gasteiger partial charge in [-0.05, 0) is 66.5 Å². The molecule has 0 aromatic heterocycles. The zero-order valence-corrected chi connectivity index (χ0v) is 20.6. The number of carbonyl (C=O) groups is 4. The summed E-state index contributed by atoms with van der Waals surface area (Å²) in [7, 11) is 1.50. The van der Waals surface area contributed by atoms with Gasteiger partial charge in [-0.15, -0.1) is 0 Å². The first-order valence-corrected chi connectivity index (χ1v) is 11.8. The first-order chi connectivity index (χ1) is 17.2. The summed E-state index contributed by atoms with van der Waals surface area (Å²) in [4.78, 5) is 48.4. The largest absolute Gasteiger partial charge is 0.507 e. The highest BCUT2D eigenvalue weighted by Crippen LogP contribution is 2.43. The molecule has 2 aromatic rings. The predicted octanol–water partition coefficient (Wildman–Crippen LogP) is 1.73. The molecule has 204 valence electrons. The third kappa shape index (κ3) is 6.59. The van der Waals surface area contributed by atoms with Gasteiger partial charge in [-0.25, -0.2) is 0 Å². The molecule has 2 aromatic carbocycles. The molecular formula is C27H37NO9. The normalized spacial score (nSPS) is 16.2. The van der Waals surface area contributed by atoms with Gasteiger partial charge < -0.3 is 31.3 Å². The molecule has 0 radical (unpaired) electrons. The highest BCUT2D eigenvalue weighted by molar-refractivity contribution is 6.03. The van der Waals surface area contributed by atoms with Crippen LogP contribution in [0.25, 0.3) is 11.1 Å². The quantitative estimate of drug-likeness (QED) is 0.240. The maximum atomic E-state index is 13.2. The van der Waals surface area contributed by atoms with Gasteiger partial charge in [0.25, 0.3) is 0 Å². The Bertz CT molecular complexity index is 1170. The molecule has 37 heavy (non-hydrogen) atoms. The minimum absolute atomic E-state index is 0. The molecule has 3 rings (SSSR count). The van der Waals surface area contributed by atoms with Gasteiger partial charge in [0.05, 0.1) is 25.7 Å². The van der Waals surface area contributed by atoms with Crippen LogP contribution >= 0.6 is 0 Å². The fraction of sp³-hybridized carbons (Fsp3) is 0.407. The summed E-state index contributed by atoms with van der Waals surface area (Å²) in [6.07, 6.45) is 1.23. The molecule has 3 atom stereocenters. The smallest absolute Gasteiger partial charge is 0.224 e. The monoisotopic (exact) mass is 519 g/mol. The number of Topliss-reactive ketones (excluding diaryl/α,β-unsaturated/α-hetero) is 2. The minimum atomic E-state index is -0.894. The Morgan fingerprint density at radius 1 is 1.19 bits per heavy atom. The number of aliphatic hydroxyl groups is 2. The van der Waals surface area contributed by atoms with Crippen molar-refractivity contribution in [2.45, 2.75) is 32.1 Å². The molecule has 0 spiro atoms. The number of hydrogen-bond donors (Lipinski definition) is 4. The van der Waals surface area contributed by atoms with Crippen LogP contribution in [-0.4, -0.2) is 64.9 Å². The van der Waals surface area contributed by atoms with Crippen molar-refractivity contribution in [3.8, 4) is 22.6 Å². The third-order valence-corrected chi connectivity index (χ3v) is 6.85. The number of ketones is 2. The van der Waals surface area contributed by atoms with Crippen molar-refractivity contribution in [1.29, 1.82) is 0 Å². The number of rotatable bonds is 12. The molecule has 1 amide bonds. The van der Waals surface area contributed by atoms with E-state index in [1.54, 1.807) is 24.3 Å². The second kappa shape index (κ2) is 13.1. The van der Waals surface area contributed by atoms with E-state index < -0.39 is 36.6 Å². The van der Waals surface area contributed by atoms with E-state index in [2.05, 4.69) is 0 Å². The Morgan fingerprint density at radius 3 is 2.51 bits per heavy atom. The zero-order chi connectivity index (χ0) is 26.4. The van der Waals surface area contributed by atoms with Gasteiger partial charge in [0.2, 0.25) is 5.91 Å². The number of carbonyl (C=O) groups excluding carboxylic acids is 4. The molecule has 0 heterocycles. The summed E-state index contributed by atoms with van der Waals surface area (Å²) in [5.74, 6) is -2.82. The minimum Gasteiger partial charge on any atom is -0.507 e. The molecule has 10 nitrogen and oxygen atoms in total. The fourth-order valence-electron chi connectivity index (χ4n) is 5.21. The number of hydrogen-bond acceptors (Lipinski definition) is 8. The summed E-state index contributed by atoms with van der Waals surface area (Å²) < 4.78 is 5.48. The number of fused-ring (bicyclic) bond motifs is 1. The fourth-order valence-corrected chi connectivity index (χ4v) is 5.21. The van der Waals surface area contributed by atoms with Crippen molar-refractivity contribution in [2.24, 2.45) is 23.5 Å². The van der Waals surface area contributed by atoms with Crippen molar-refractivity contribution < 1.29 is 47.6 Å². The molecule has 0 bridgehead atoms. The Balaban J connectivity index is 0.00000481. The zero-order valence-electron chi connectivity index (χ0n) is 20.6.